The van der Waals surface area contributed by atoms with Gasteiger partial charge in [0.2, 0.25) is 12.5 Å². The zero-order chi connectivity index (χ0) is 18.0. The predicted octanol–water partition coefficient (Wildman–Crippen LogP) is 2.30. The Hall–Kier alpha value is -2.46. The highest BCUT2D eigenvalue weighted by molar-refractivity contribution is 7.94. The van der Waals surface area contributed by atoms with E-state index in [2.05, 4.69) is 4.72 Å². The van der Waals surface area contributed by atoms with Crippen molar-refractivity contribution in [2.45, 2.75) is 17.1 Å². The second-order valence-corrected chi connectivity index (χ2v) is 7.97. The normalized spacial score (nSPS) is 12.8. The lowest BCUT2D eigenvalue weighted by atomic mass is 10.1. The predicted molar refractivity (Wildman–Crippen MR) is 90.2 cm³/mol. The Morgan fingerprint density at radius 3 is 2.80 bits per heavy atom. The summed E-state index contributed by atoms with van der Waals surface area (Å²) in [6, 6.07) is 4.63. The van der Waals surface area contributed by atoms with Gasteiger partial charge < -0.3 is 19.3 Å². The molecule has 0 saturated carbocycles. The number of thiophene rings is 1. The van der Waals surface area contributed by atoms with Gasteiger partial charge in [0.25, 0.3) is 10.0 Å². The molecule has 0 spiro atoms. The van der Waals surface area contributed by atoms with Crippen LogP contribution in [0.4, 0.5) is 5.69 Å². The molecule has 1 aliphatic heterocycles. The molecule has 8 nitrogen and oxygen atoms in total. The monoisotopic (exact) mass is 385 g/mol. The maximum atomic E-state index is 12.5. The molecule has 0 saturated heterocycles. The fraction of sp³-hybridized carbons (Fsp3) is 0.267. The van der Waals surface area contributed by atoms with Gasteiger partial charge in [0.15, 0.2) is 11.5 Å². The minimum absolute atomic E-state index is 0.0815. The number of benzene rings is 1. The molecule has 2 N–H and O–H groups in total. The van der Waals surface area contributed by atoms with Gasteiger partial charge in [-0.05, 0) is 23.9 Å². The van der Waals surface area contributed by atoms with E-state index in [0.29, 0.717) is 11.3 Å². The summed E-state index contributed by atoms with van der Waals surface area (Å²) in [7, 11) is -2.36. The number of ether oxygens (including phenoxy) is 3. The van der Waals surface area contributed by atoms with Crippen LogP contribution >= 0.6 is 11.3 Å². The molecule has 3 rings (SSSR count). The van der Waals surface area contributed by atoms with Crippen LogP contribution < -0.4 is 18.9 Å². The van der Waals surface area contributed by atoms with Gasteiger partial charge in [-0.3, -0.25) is 9.52 Å². The number of aryl methyl sites for hydroxylation is 1. The van der Waals surface area contributed by atoms with Crippen LogP contribution in [0, 0.1) is 0 Å². The minimum atomic E-state index is -3.78. The number of aliphatic carboxylic acids is 1. The zero-order valence-electron chi connectivity index (χ0n) is 13.1. The van der Waals surface area contributed by atoms with Crippen molar-refractivity contribution < 1.29 is 32.5 Å². The van der Waals surface area contributed by atoms with Crippen LogP contribution in [-0.2, 0) is 21.2 Å². The molecule has 1 aromatic carbocycles. The summed E-state index contributed by atoms with van der Waals surface area (Å²) in [5.41, 5.74) is 0.695. The standard InChI is InChI=1S/C15H15NO7S2/c1-21-13-9(4-5-11(17)18)7-10(14-15(13)23-8-22-14)16-25(19,20)12-3-2-6-24-12/h2-3,6-7,16H,4-5,8H2,1H3,(H,17,18). The van der Waals surface area contributed by atoms with Crippen molar-refractivity contribution in [3.8, 4) is 17.2 Å². The smallest absolute Gasteiger partial charge is 0.303 e. The third-order valence-electron chi connectivity index (χ3n) is 3.49. The lowest BCUT2D eigenvalue weighted by Crippen LogP contribution is -2.12. The van der Waals surface area contributed by atoms with Gasteiger partial charge in [-0.2, -0.15) is 0 Å². The van der Waals surface area contributed by atoms with Crippen molar-refractivity contribution in [2.24, 2.45) is 0 Å². The third-order valence-corrected chi connectivity index (χ3v) is 6.25. The van der Waals surface area contributed by atoms with Gasteiger partial charge in [-0.15, -0.1) is 11.3 Å². The van der Waals surface area contributed by atoms with Gasteiger partial charge in [-0.25, -0.2) is 8.42 Å². The molecule has 0 radical (unpaired) electrons. The van der Waals surface area contributed by atoms with Crippen molar-refractivity contribution in [3.05, 3.63) is 29.1 Å². The number of carboxylic acid groups (broad SMARTS) is 1. The van der Waals surface area contributed by atoms with E-state index in [1.165, 1.54) is 19.2 Å². The number of hydrogen-bond acceptors (Lipinski definition) is 7. The molecule has 10 heteroatoms. The molecule has 0 aliphatic carbocycles. The van der Waals surface area contributed by atoms with Gasteiger partial charge in [0, 0.05) is 12.0 Å². The maximum absolute atomic E-state index is 12.5. The first-order valence-electron chi connectivity index (χ1n) is 7.20. The Balaban J connectivity index is 2.03. The number of anilines is 1. The number of methoxy groups -OCH3 is 1. The number of sulfonamides is 1. The van der Waals surface area contributed by atoms with Crippen LogP contribution in [0.3, 0.4) is 0 Å². The van der Waals surface area contributed by atoms with E-state index < -0.39 is 16.0 Å². The van der Waals surface area contributed by atoms with E-state index in [4.69, 9.17) is 19.3 Å². The first-order valence-corrected chi connectivity index (χ1v) is 9.56. The van der Waals surface area contributed by atoms with Crippen LogP contribution in [0.1, 0.15) is 12.0 Å². The van der Waals surface area contributed by atoms with Gasteiger partial charge >= 0.3 is 5.97 Å². The van der Waals surface area contributed by atoms with Gasteiger partial charge in [0.1, 0.15) is 4.21 Å². The van der Waals surface area contributed by atoms with Crippen molar-refractivity contribution in [1.29, 1.82) is 0 Å². The van der Waals surface area contributed by atoms with Crippen molar-refractivity contribution in [3.63, 3.8) is 0 Å². The highest BCUT2D eigenvalue weighted by atomic mass is 32.2. The van der Waals surface area contributed by atoms with E-state index in [-0.39, 0.29) is 41.0 Å². The molecule has 1 aromatic heterocycles. The van der Waals surface area contributed by atoms with E-state index in [1.54, 1.807) is 11.4 Å². The Kier molecular flexibility index (Phi) is 4.73. The molecule has 0 unspecified atom stereocenters. The molecule has 0 bridgehead atoms. The summed E-state index contributed by atoms with van der Waals surface area (Å²) in [4.78, 5) is 10.9. The molecular weight excluding hydrogens is 370 g/mol. The molecule has 134 valence electrons. The average Bonchev–Trinajstić information content (AvgIpc) is 3.24. The summed E-state index contributed by atoms with van der Waals surface area (Å²) in [5, 5.41) is 10.6. The molecule has 0 amide bonds. The Bertz CT molecular complexity index is 891. The lowest BCUT2D eigenvalue weighted by Gasteiger charge is -2.15. The molecule has 2 heterocycles. The SMILES string of the molecule is COc1c(CCC(=O)O)cc(NS(=O)(=O)c2cccs2)c2c1OCO2. The van der Waals surface area contributed by atoms with Crippen LogP contribution in [0.2, 0.25) is 0 Å². The second kappa shape index (κ2) is 6.81. The molecule has 1 aliphatic rings. The second-order valence-electron chi connectivity index (χ2n) is 5.11. The van der Waals surface area contributed by atoms with Crippen molar-refractivity contribution >= 4 is 33.0 Å². The average molecular weight is 385 g/mol. The number of hydrogen-bond donors (Lipinski definition) is 2. The van der Waals surface area contributed by atoms with Crippen LogP contribution in [0.5, 0.6) is 17.2 Å². The summed E-state index contributed by atoms with van der Waals surface area (Å²) < 4.78 is 43.6. The number of carbonyl (C=O) groups is 1. The molecule has 0 atom stereocenters. The summed E-state index contributed by atoms with van der Waals surface area (Å²) >= 11 is 1.08. The van der Waals surface area contributed by atoms with Crippen LogP contribution in [-0.4, -0.2) is 33.4 Å². The Morgan fingerprint density at radius 2 is 2.16 bits per heavy atom. The fourth-order valence-electron chi connectivity index (χ4n) is 2.44. The Labute approximate surface area is 148 Å². The topological polar surface area (TPSA) is 111 Å². The molecule has 0 fully saturated rings. The molecule has 2 aromatic rings. The van der Waals surface area contributed by atoms with Crippen molar-refractivity contribution in [2.75, 3.05) is 18.6 Å². The van der Waals surface area contributed by atoms with Gasteiger partial charge in [0.05, 0.1) is 12.8 Å². The fourth-order valence-corrected chi connectivity index (χ4v) is 4.48. The molecular formula is C15H15NO7S2. The lowest BCUT2D eigenvalue weighted by molar-refractivity contribution is -0.136. The third kappa shape index (κ3) is 3.49. The van der Waals surface area contributed by atoms with E-state index in [9.17, 15) is 13.2 Å². The van der Waals surface area contributed by atoms with E-state index >= 15 is 0 Å². The zero-order valence-corrected chi connectivity index (χ0v) is 14.8. The number of nitrogens with one attached hydrogen (secondary N) is 1. The highest BCUT2D eigenvalue weighted by Gasteiger charge is 2.29. The summed E-state index contributed by atoms with van der Waals surface area (Å²) in [6.45, 7) is -0.0815. The quantitative estimate of drug-likeness (QED) is 0.752. The number of fused-ring (bicyclic) bond motifs is 1. The van der Waals surface area contributed by atoms with Crippen molar-refractivity contribution in [1.82, 2.24) is 0 Å². The van der Waals surface area contributed by atoms with Crippen LogP contribution in [0.15, 0.2) is 27.8 Å². The first kappa shape index (κ1) is 17.4. The largest absolute Gasteiger partial charge is 0.492 e. The van der Waals surface area contributed by atoms with E-state index in [0.717, 1.165) is 11.3 Å². The molecule has 25 heavy (non-hydrogen) atoms. The van der Waals surface area contributed by atoms with Gasteiger partial charge in [-0.1, -0.05) is 6.07 Å². The first-order chi connectivity index (χ1) is 11.9. The Morgan fingerprint density at radius 1 is 1.40 bits per heavy atom. The highest BCUT2D eigenvalue weighted by Crippen LogP contribution is 2.49. The minimum Gasteiger partial charge on any atom is -0.492 e. The summed E-state index contributed by atoms with van der Waals surface area (Å²) in [5.74, 6) is -0.154. The maximum Gasteiger partial charge on any atom is 0.303 e. The number of rotatable bonds is 7. The van der Waals surface area contributed by atoms with E-state index in [1.807, 2.05) is 0 Å². The van der Waals surface area contributed by atoms with Crippen LogP contribution in [0.25, 0.3) is 0 Å². The summed E-state index contributed by atoms with van der Waals surface area (Å²) in [6.07, 6.45) is 0.0238. The number of carboxylic acids is 1.